The fourth-order valence-electron chi connectivity index (χ4n) is 0.946. The van der Waals surface area contributed by atoms with Crippen molar-refractivity contribution >= 4 is 0 Å². The summed E-state index contributed by atoms with van der Waals surface area (Å²) in [4.78, 5) is 1.93. The summed E-state index contributed by atoms with van der Waals surface area (Å²) in [6.07, 6.45) is 0.0625. The van der Waals surface area contributed by atoms with Gasteiger partial charge in [0.25, 0.3) is 5.92 Å². The number of hydrogen-bond donors (Lipinski definition) is 0. The zero-order valence-electron chi connectivity index (χ0n) is 9.53. The second kappa shape index (κ2) is 8.42. The van der Waals surface area contributed by atoms with E-state index in [4.69, 9.17) is 0 Å². The molecule has 0 bridgehead atoms. The predicted molar refractivity (Wildman–Crippen MR) is 54.4 cm³/mol. The molecule has 0 unspecified atom stereocenters. The highest BCUT2D eigenvalue weighted by atomic mass is 19.3. The minimum absolute atomic E-state index is 0.0312. The lowest BCUT2D eigenvalue weighted by atomic mass is 10.1. The van der Waals surface area contributed by atoms with E-state index in [1.807, 2.05) is 39.6 Å². The molecule has 3 heteroatoms. The number of hydrogen-bond acceptors (Lipinski definition) is 1. The van der Waals surface area contributed by atoms with Crippen LogP contribution in [0.2, 0.25) is 0 Å². The summed E-state index contributed by atoms with van der Waals surface area (Å²) in [5.74, 6) is -2.38. The van der Waals surface area contributed by atoms with Crippen molar-refractivity contribution < 1.29 is 8.78 Å². The Morgan fingerprint density at radius 1 is 0.923 bits per heavy atom. The van der Waals surface area contributed by atoms with Gasteiger partial charge in [0.2, 0.25) is 0 Å². The van der Waals surface area contributed by atoms with Crippen LogP contribution in [0.3, 0.4) is 0 Å². The van der Waals surface area contributed by atoms with Crippen LogP contribution in [0.25, 0.3) is 0 Å². The number of nitrogens with zero attached hydrogens (tertiary/aromatic N) is 1. The molecule has 13 heavy (non-hydrogen) atoms. The molecular formula is C10H23F2N. The number of halogens is 2. The molecule has 0 radical (unpaired) electrons. The molecule has 0 spiro atoms. The van der Waals surface area contributed by atoms with Gasteiger partial charge in [0.05, 0.1) is 0 Å². The average molecular weight is 195 g/mol. The molecule has 1 heterocycles. The lowest BCUT2D eigenvalue weighted by molar-refractivity contribution is -0.0504. The van der Waals surface area contributed by atoms with E-state index in [-0.39, 0.29) is 12.8 Å². The molecule has 1 nitrogen and oxygen atoms in total. The van der Waals surface area contributed by atoms with Gasteiger partial charge in [-0.25, -0.2) is 8.78 Å². The summed E-state index contributed by atoms with van der Waals surface area (Å²) >= 11 is 0. The molecular weight excluding hydrogens is 172 g/mol. The van der Waals surface area contributed by atoms with Crippen molar-refractivity contribution in [1.82, 2.24) is 4.90 Å². The molecule has 1 fully saturated rings. The average Bonchev–Trinajstić information content (AvgIpc) is 2.17. The van der Waals surface area contributed by atoms with Gasteiger partial charge in [0, 0.05) is 25.9 Å². The maximum absolute atomic E-state index is 12.4. The Balaban J connectivity index is 0. The fourth-order valence-corrected chi connectivity index (χ4v) is 0.946. The molecule has 1 aliphatic rings. The van der Waals surface area contributed by atoms with E-state index in [2.05, 4.69) is 0 Å². The third kappa shape index (κ3) is 8.16. The third-order valence-electron chi connectivity index (χ3n) is 1.72. The third-order valence-corrected chi connectivity index (χ3v) is 1.72. The molecule has 1 saturated heterocycles. The van der Waals surface area contributed by atoms with Crippen molar-refractivity contribution in [3.63, 3.8) is 0 Å². The normalized spacial score (nSPS) is 20.5. The van der Waals surface area contributed by atoms with Crippen molar-refractivity contribution in [2.24, 2.45) is 0 Å². The quantitative estimate of drug-likeness (QED) is 0.572. The van der Waals surface area contributed by atoms with Gasteiger partial charge >= 0.3 is 0 Å². The first-order valence-electron chi connectivity index (χ1n) is 5.16. The van der Waals surface area contributed by atoms with Crippen LogP contribution in [0.1, 0.15) is 40.5 Å². The summed E-state index contributed by atoms with van der Waals surface area (Å²) < 4.78 is 24.7. The van der Waals surface area contributed by atoms with Crippen LogP contribution in [-0.2, 0) is 0 Å². The molecule has 0 aromatic carbocycles. The van der Waals surface area contributed by atoms with Gasteiger partial charge < -0.3 is 4.90 Å². The van der Waals surface area contributed by atoms with Gasteiger partial charge in [-0.15, -0.1) is 0 Å². The second-order valence-electron chi connectivity index (χ2n) is 2.66. The molecule has 0 aromatic rings. The van der Waals surface area contributed by atoms with E-state index in [9.17, 15) is 8.78 Å². The Bertz CT molecular complexity index is 95.1. The van der Waals surface area contributed by atoms with Crippen molar-refractivity contribution in [3.8, 4) is 0 Å². The Labute approximate surface area is 81.1 Å². The molecule has 0 N–H and O–H groups in total. The van der Waals surface area contributed by atoms with E-state index in [1.54, 1.807) is 0 Å². The van der Waals surface area contributed by atoms with E-state index >= 15 is 0 Å². The lowest BCUT2D eigenvalue weighted by Crippen LogP contribution is -2.36. The SMILES string of the molecule is CC.CC.CN1CCC(F)(F)CC1. The fraction of sp³-hybridized carbons (Fsp3) is 1.00. The summed E-state index contributed by atoms with van der Waals surface area (Å²) in [6, 6.07) is 0. The van der Waals surface area contributed by atoms with Gasteiger partial charge in [-0.2, -0.15) is 0 Å². The Kier molecular flexibility index (Phi) is 9.91. The van der Waals surface area contributed by atoms with E-state index in [1.165, 1.54) is 0 Å². The van der Waals surface area contributed by atoms with E-state index < -0.39 is 5.92 Å². The van der Waals surface area contributed by atoms with Crippen molar-refractivity contribution in [1.29, 1.82) is 0 Å². The van der Waals surface area contributed by atoms with E-state index in [0.717, 1.165) is 0 Å². The number of likely N-dealkylation sites (tertiary alicyclic amines) is 1. The molecule has 0 aliphatic carbocycles. The summed E-state index contributed by atoms with van der Waals surface area (Å²) in [7, 11) is 1.87. The summed E-state index contributed by atoms with van der Waals surface area (Å²) in [5, 5.41) is 0. The van der Waals surface area contributed by atoms with Crippen molar-refractivity contribution in [3.05, 3.63) is 0 Å². The topological polar surface area (TPSA) is 3.24 Å². The summed E-state index contributed by atoms with van der Waals surface area (Å²) in [5.41, 5.74) is 0. The summed E-state index contributed by atoms with van der Waals surface area (Å²) in [6.45, 7) is 9.07. The zero-order valence-corrected chi connectivity index (χ0v) is 9.53. The van der Waals surface area contributed by atoms with Crippen LogP contribution < -0.4 is 0 Å². The first-order chi connectivity index (χ1) is 6.10. The number of alkyl halides is 2. The maximum Gasteiger partial charge on any atom is 0.250 e. The first-order valence-corrected chi connectivity index (χ1v) is 5.16. The maximum atomic E-state index is 12.4. The molecule has 1 aliphatic heterocycles. The van der Waals surface area contributed by atoms with Gasteiger partial charge in [-0.3, -0.25) is 0 Å². The lowest BCUT2D eigenvalue weighted by Gasteiger charge is -2.28. The second-order valence-corrected chi connectivity index (χ2v) is 2.66. The number of piperidine rings is 1. The first kappa shape index (κ1) is 15.3. The van der Waals surface area contributed by atoms with Crippen LogP contribution in [-0.4, -0.2) is 31.0 Å². The van der Waals surface area contributed by atoms with Crippen LogP contribution in [0.15, 0.2) is 0 Å². The van der Waals surface area contributed by atoms with Gasteiger partial charge in [-0.1, -0.05) is 27.7 Å². The van der Waals surface area contributed by atoms with Gasteiger partial charge in [0.15, 0.2) is 0 Å². The van der Waals surface area contributed by atoms with Crippen LogP contribution >= 0.6 is 0 Å². The van der Waals surface area contributed by atoms with E-state index in [0.29, 0.717) is 13.1 Å². The molecule has 0 atom stereocenters. The molecule has 0 amide bonds. The highest BCUT2D eigenvalue weighted by Crippen LogP contribution is 2.26. The minimum Gasteiger partial charge on any atom is -0.306 e. The smallest absolute Gasteiger partial charge is 0.250 e. The highest BCUT2D eigenvalue weighted by molar-refractivity contribution is 4.75. The zero-order chi connectivity index (χ0) is 10.9. The molecule has 1 rings (SSSR count). The largest absolute Gasteiger partial charge is 0.306 e. The van der Waals surface area contributed by atoms with Gasteiger partial charge in [0.1, 0.15) is 0 Å². The van der Waals surface area contributed by atoms with Gasteiger partial charge in [-0.05, 0) is 7.05 Å². The Hall–Kier alpha value is -0.180. The monoisotopic (exact) mass is 195 g/mol. The van der Waals surface area contributed by atoms with Crippen LogP contribution in [0, 0.1) is 0 Å². The predicted octanol–water partition coefficient (Wildman–Crippen LogP) is 3.40. The highest BCUT2D eigenvalue weighted by Gasteiger charge is 2.32. The Morgan fingerprint density at radius 3 is 1.46 bits per heavy atom. The molecule has 0 saturated carbocycles. The van der Waals surface area contributed by atoms with Crippen LogP contribution in [0.5, 0.6) is 0 Å². The van der Waals surface area contributed by atoms with Crippen molar-refractivity contribution in [2.45, 2.75) is 46.5 Å². The minimum atomic E-state index is -2.38. The van der Waals surface area contributed by atoms with Crippen LogP contribution in [0.4, 0.5) is 8.78 Å². The Morgan fingerprint density at radius 2 is 1.23 bits per heavy atom. The molecule has 0 aromatic heterocycles. The number of rotatable bonds is 0. The molecule has 82 valence electrons. The van der Waals surface area contributed by atoms with Crippen molar-refractivity contribution in [2.75, 3.05) is 20.1 Å². The standard InChI is InChI=1S/C6H11F2N.2C2H6/c1-9-4-2-6(7,8)3-5-9;2*1-2/h2-5H2,1H3;2*1-2H3.